The van der Waals surface area contributed by atoms with Crippen LogP contribution in [0.2, 0.25) is 6.04 Å². The van der Waals surface area contributed by atoms with Crippen LogP contribution in [0.4, 0.5) is 0 Å². The van der Waals surface area contributed by atoms with Gasteiger partial charge in [0.1, 0.15) is 0 Å². The summed E-state index contributed by atoms with van der Waals surface area (Å²) in [6.07, 6.45) is 0.807. The lowest BCUT2D eigenvalue weighted by Crippen LogP contribution is -2.48. The first-order chi connectivity index (χ1) is 7.17. The molecule has 0 unspecified atom stereocenters. The van der Waals surface area contributed by atoms with Crippen LogP contribution in [0.5, 0.6) is 0 Å². The van der Waals surface area contributed by atoms with Gasteiger partial charge in [-0.1, -0.05) is 37.3 Å². The fourth-order valence-electron chi connectivity index (χ4n) is 1.49. The molecule has 0 aliphatic rings. The number of hydrogen-bond acceptors (Lipinski definition) is 3. The molecule has 1 aromatic rings. The summed E-state index contributed by atoms with van der Waals surface area (Å²) in [5, 5.41) is 3.87. The van der Waals surface area contributed by atoms with E-state index in [4.69, 9.17) is 0 Å². The van der Waals surface area contributed by atoms with E-state index in [2.05, 4.69) is 5.32 Å². The Morgan fingerprint density at radius 1 is 1.20 bits per heavy atom. The molecular formula is C11H19NO2Si. The van der Waals surface area contributed by atoms with Gasteiger partial charge in [-0.2, -0.15) is 0 Å². The smallest absolute Gasteiger partial charge is 0.367 e. The third kappa shape index (κ3) is 4.13. The summed E-state index contributed by atoms with van der Waals surface area (Å²) in [6, 6.07) is 9.64. The molecule has 15 heavy (non-hydrogen) atoms. The summed E-state index contributed by atoms with van der Waals surface area (Å²) < 4.78 is 0. The van der Waals surface area contributed by atoms with Crippen molar-refractivity contribution in [3.63, 3.8) is 0 Å². The SMILES string of the molecule is CCNCCC[Si](O)(O)c1ccccc1. The maximum absolute atomic E-state index is 9.95. The molecule has 3 nitrogen and oxygen atoms in total. The minimum atomic E-state index is -3.17. The minimum absolute atomic E-state index is 0.490. The highest BCUT2D eigenvalue weighted by atomic mass is 28.4. The molecule has 0 spiro atoms. The molecule has 84 valence electrons. The van der Waals surface area contributed by atoms with E-state index in [1.54, 1.807) is 12.1 Å². The van der Waals surface area contributed by atoms with Crippen LogP contribution in [0.1, 0.15) is 13.3 Å². The van der Waals surface area contributed by atoms with Gasteiger partial charge < -0.3 is 14.9 Å². The molecule has 0 bridgehead atoms. The van der Waals surface area contributed by atoms with Gasteiger partial charge in [0.2, 0.25) is 0 Å². The predicted octanol–water partition coefficient (Wildman–Crippen LogP) is 0.320. The topological polar surface area (TPSA) is 52.5 Å². The van der Waals surface area contributed by atoms with Gasteiger partial charge in [0.05, 0.1) is 0 Å². The molecule has 3 N–H and O–H groups in total. The van der Waals surface area contributed by atoms with Crippen molar-refractivity contribution in [2.24, 2.45) is 0 Å². The highest BCUT2D eigenvalue weighted by molar-refractivity contribution is 6.78. The van der Waals surface area contributed by atoms with E-state index < -0.39 is 8.56 Å². The van der Waals surface area contributed by atoms with Crippen molar-refractivity contribution in [2.75, 3.05) is 13.1 Å². The first kappa shape index (κ1) is 12.4. The summed E-state index contributed by atoms with van der Waals surface area (Å²) in [5.74, 6) is 0. The van der Waals surface area contributed by atoms with Gasteiger partial charge in [-0.25, -0.2) is 0 Å². The van der Waals surface area contributed by atoms with E-state index in [0.29, 0.717) is 11.2 Å². The normalized spacial score (nSPS) is 11.7. The molecule has 0 fully saturated rings. The molecule has 1 aromatic carbocycles. The van der Waals surface area contributed by atoms with Crippen LogP contribution >= 0.6 is 0 Å². The average molecular weight is 225 g/mol. The summed E-state index contributed by atoms with van der Waals surface area (Å²) in [5.41, 5.74) is 0. The van der Waals surface area contributed by atoms with Crippen LogP contribution in [0.25, 0.3) is 0 Å². The number of benzene rings is 1. The van der Waals surface area contributed by atoms with Gasteiger partial charge in [-0.15, -0.1) is 0 Å². The molecule has 0 radical (unpaired) electrons. The largest absolute Gasteiger partial charge is 0.407 e. The standard InChI is InChI=1S/C11H19NO2Si/c1-2-12-9-6-10-15(13,14)11-7-4-3-5-8-11/h3-5,7-8,12-14H,2,6,9-10H2,1H3. The Labute approximate surface area is 92.0 Å². The maximum Gasteiger partial charge on any atom is 0.367 e. The Balaban J connectivity index is 2.45. The molecule has 1 rings (SSSR count). The summed E-state index contributed by atoms with van der Waals surface area (Å²) >= 11 is 0. The lowest BCUT2D eigenvalue weighted by Gasteiger charge is -2.17. The molecular weight excluding hydrogens is 206 g/mol. The molecule has 4 heteroatoms. The summed E-state index contributed by atoms with van der Waals surface area (Å²) in [7, 11) is -3.17. The monoisotopic (exact) mass is 225 g/mol. The first-order valence-corrected chi connectivity index (χ1v) is 7.48. The van der Waals surface area contributed by atoms with Gasteiger partial charge in [-0.3, -0.25) is 0 Å². The molecule has 0 atom stereocenters. The Hall–Kier alpha value is -0.683. The zero-order chi connectivity index (χ0) is 11.1. The van der Waals surface area contributed by atoms with Gasteiger partial charge in [0.15, 0.2) is 0 Å². The lowest BCUT2D eigenvalue weighted by molar-refractivity contribution is 0.377. The van der Waals surface area contributed by atoms with Gasteiger partial charge >= 0.3 is 8.56 Å². The first-order valence-electron chi connectivity index (χ1n) is 5.38. The van der Waals surface area contributed by atoms with E-state index in [-0.39, 0.29) is 0 Å². The third-order valence-corrected chi connectivity index (χ3v) is 4.67. The zero-order valence-corrected chi connectivity index (χ0v) is 10.1. The van der Waals surface area contributed by atoms with Crippen molar-refractivity contribution in [1.82, 2.24) is 5.32 Å². The van der Waals surface area contributed by atoms with Crippen molar-refractivity contribution in [3.8, 4) is 0 Å². The second-order valence-corrected chi connectivity index (χ2v) is 6.35. The Kier molecular flexibility index (Phi) is 4.97. The van der Waals surface area contributed by atoms with Crippen LogP contribution in [0.3, 0.4) is 0 Å². The molecule has 0 aliphatic heterocycles. The number of nitrogens with one attached hydrogen (secondary N) is 1. The van der Waals surface area contributed by atoms with Crippen LogP contribution in [-0.2, 0) is 0 Å². The van der Waals surface area contributed by atoms with Crippen LogP contribution in [0, 0.1) is 0 Å². The van der Waals surface area contributed by atoms with Gasteiger partial charge in [0.25, 0.3) is 0 Å². The number of rotatable bonds is 6. The van der Waals surface area contributed by atoms with E-state index in [9.17, 15) is 9.59 Å². The van der Waals surface area contributed by atoms with E-state index in [1.807, 2.05) is 25.1 Å². The van der Waals surface area contributed by atoms with Crippen molar-refractivity contribution in [3.05, 3.63) is 30.3 Å². The van der Waals surface area contributed by atoms with Crippen molar-refractivity contribution >= 4 is 13.7 Å². The van der Waals surface area contributed by atoms with Crippen molar-refractivity contribution in [2.45, 2.75) is 19.4 Å². The molecule has 0 amide bonds. The lowest BCUT2D eigenvalue weighted by atomic mass is 10.4. The Bertz CT molecular complexity index is 277. The van der Waals surface area contributed by atoms with Crippen LogP contribution < -0.4 is 10.5 Å². The van der Waals surface area contributed by atoms with E-state index in [1.165, 1.54) is 0 Å². The van der Waals surface area contributed by atoms with Crippen molar-refractivity contribution < 1.29 is 9.59 Å². The van der Waals surface area contributed by atoms with Crippen LogP contribution in [-0.4, -0.2) is 31.2 Å². The molecule has 0 heterocycles. The highest BCUT2D eigenvalue weighted by Gasteiger charge is 2.30. The molecule has 0 aromatic heterocycles. The van der Waals surface area contributed by atoms with Gasteiger partial charge in [0, 0.05) is 0 Å². The maximum atomic E-state index is 9.95. The third-order valence-electron chi connectivity index (χ3n) is 2.37. The molecule has 0 saturated carbocycles. The van der Waals surface area contributed by atoms with E-state index in [0.717, 1.165) is 19.5 Å². The minimum Gasteiger partial charge on any atom is -0.407 e. The highest BCUT2D eigenvalue weighted by Crippen LogP contribution is 2.05. The fourth-order valence-corrected chi connectivity index (χ4v) is 3.17. The Morgan fingerprint density at radius 2 is 1.87 bits per heavy atom. The second-order valence-electron chi connectivity index (χ2n) is 3.64. The quantitative estimate of drug-likeness (QED) is 0.483. The predicted molar refractivity (Wildman–Crippen MR) is 64.2 cm³/mol. The molecule has 0 aliphatic carbocycles. The summed E-state index contributed by atoms with van der Waals surface area (Å²) in [6.45, 7) is 3.82. The summed E-state index contributed by atoms with van der Waals surface area (Å²) in [4.78, 5) is 19.9. The van der Waals surface area contributed by atoms with E-state index >= 15 is 0 Å². The second kappa shape index (κ2) is 6.02. The number of hydrogen-bond donors (Lipinski definition) is 3. The Morgan fingerprint density at radius 3 is 2.47 bits per heavy atom. The van der Waals surface area contributed by atoms with Crippen molar-refractivity contribution in [1.29, 1.82) is 0 Å². The van der Waals surface area contributed by atoms with Crippen LogP contribution in [0.15, 0.2) is 30.3 Å². The molecule has 0 saturated heterocycles. The zero-order valence-electron chi connectivity index (χ0n) is 9.11. The van der Waals surface area contributed by atoms with Gasteiger partial charge in [-0.05, 0) is 30.7 Å². The average Bonchev–Trinajstić information content (AvgIpc) is 2.26. The fraction of sp³-hybridized carbons (Fsp3) is 0.455.